The van der Waals surface area contributed by atoms with Crippen molar-refractivity contribution in [2.75, 3.05) is 25.0 Å². The third-order valence-electron chi connectivity index (χ3n) is 4.06. The fourth-order valence-corrected chi connectivity index (χ4v) is 3.26. The van der Waals surface area contributed by atoms with Crippen LogP contribution in [0.15, 0.2) is 18.2 Å². The number of rotatable bonds is 5. The lowest BCUT2D eigenvalue weighted by atomic mass is 10.2. The quantitative estimate of drug-likeness (QED) is 0.874. The van der Waals surface area contributed by atoms with Crippen LogP contribution < -0.4 is 10.6 Å². The van der Waals surface area contributed by atoms with Gasteiger partial charge >= 0.3 is 0 Å². The van der Waals surface area contributed by atoms with E-state index in [0.29, 0.717) is 21.8 Å². The molecule has 1 aromatic rings. The molecule has 0 radical (unpaired) electrons. The molecule has 1 amide bonds. The number of anilines is 1. The molecule has 0 aromatic heterocycles. The summed E-state index contributed by atoms with van der Waals surface area (Å²) in [7, 11) is 0. The molecule has 0 spiro atoms. The van der Waals surface area contributed by atoms with Gasteiger partial charge in [0.2, 0.25) is 5.91 Å². The van der Waals surface area contributed by atoms with Crippen LogP contribution in [0.2, 0.25) is 10.0 Å². The first-order valence-corrected chi connectivity index (χ1v) is 8.10. The third-order valence-corrected chi connectivity index (χ3v) is 4.69. The first-order valence-electron chi connectivity index (χ1n) is 7.35. The number of halogens is 2. The zero-order valence-corrected chi connectivity index (χ0v) is 13.3. The lowest BCUT2D eigenvalue weighted by Gasteiger charge is -2.16. The van der Waals surface area contributed by atoms with Crippen LogP contribution in [0.5, 0.6) is 0 Å². The minimum absolute atomic E-state index is 0.116. The zero-order chi connectivity index (χ0) is 14.8. The van der Waals surface area contributed by atoms with Gasteiger partial charge in [0.1, 0.15) is 0 Å². The molecular weight excluding hydrogens is 309 g/mol. The van der Waals surface area contributed by atoms with Gasteiger partial charge in [-0.25, -0.2) is 0 Å². The van der Waals surface area contributed by atoms with Crippen LogP contribution in [0.3, 0.4) is 0 Å². The monoisotopic (exact) mass is 327 g/mol. The van der Waals surface area contributed by atoms with Crippen molar-refractivity contribution >= 4 is 34.8 Å². The van der Waals surface area contributed by atoms with Crippen LogP contribution in [0.25, 0.3) is 0 Å². The molecule has 1 saturated heterocycles. The molecule has 1 saturated carbocycles. The summed E-state index contributed by atoms with van der Waals surface area (Å²) in [6.07, 6.45) is 3.77. The van der Waals surface area contributed by atoms with E-state index in [1.165, 1.54) is 12.8 Å². The van der Waals surface area contributed by atoms with E-state index in [1.54, 1.807) is 18.2 Å². The van der Waals surface area contributed by atoms with Crippen LogP contribution in [0.1, 0.15) is 19.3 Å². The van der Waals surface area contributed by atoms with Gasteiger partial charge in [-0.15, -0.1) is 0 Å². The molecule has 1 aliphatic heterocycles. The molecule has 0 bridgehead atoms. The second-order valence-corrected chi connectivity index (χ2v) is 6.55. The smallest absolute Gasteiger partial charge is 0.238 e. The van der Waals surface area contributed by atoms with E-state index in [0.717, 1.165) is 25.6 Å². The fourth-order valence-electron chi connectivity index (χ4n) is 2.76. The van der Waals surface area contributed by atoms with Gasteiger partial charge in [0.25, 0.3) is 0 Å². The summed E-state index contributed by atoms with van der Waals surface area (Å²) in [5.74, 6) is -0.116. The molecule has 1 unspecified atom stereocenters. The molecule has 21 heavy (non-hydrogen) atoms. The Hall–Kier alpha value is -0.810. The van der Waals surface area contributed by atoms with Gasteiger partial charge in [0.05, 0.1) is 22.3 Å². The Kier molecular flexibility index (Phi) is 4.69. The van der Waals surface area contributed by atoms with Crippen LogP contribution in [-0.2, 0) is 4.79 Å². The second kappa shape index (κ2) is 6.53. The maximum Gasteiger partial charge on any atom is 0.238 e. The van der Waals surface area contributed by atoms with E-state index in [-0.39, 0.29) is 12.5 Å². The van der Waals surface area contributed by atoms with E-state index in [1.807, 2.05) is 0 Å². The first kappa shape index (κ1) is 15.1. The minimum atomic E-state index is -0.116. The van der Waals surface area contributed by atoms with Crippen LogP contribution in [-0.4, -0.2) is 42.5 Å². The van der Waals surface area contributed by atoms with Crippen molar-refractivity contribution in [1.29, 1.82) is 0 Å². The number of carbonyl (C=O) groups is 1. The summed E-state index contributed by atoms with van der Waals surface area (Å²) >= 11 is 12.1. The number of hydrogen-bond donors (Lipinski definition) is 2. The van der Waals surface area contributed by atoms with E-state index in [9.17, 15) is 4.79 Å². The van der Waals surface area contributed by atoms with Gasteiger partial charge < -0.3 is 10.6 Å². The second-order valence-electron chi connectivity index (χ2n) is 5.74. The Morgan fingerprint density at radius 2 is 1.95 bits per heavy atom. The van der Waals surface area contributed by atoms with Crippen molar-refractivity contribution in [3.05, 3.63) is 28.2 Å². The number of nitrogens with one attached hydrogen (secondary N) is 2. The minimum Gasteiger partial charge on any atom is -0.322 e. The molecule has 1 aromatic carbocycles. The molecule has 4 nitrogen and oxygen atoms in total. The van der Waals surface area contributed by atoms with Gasteiger partial charge in [0, 0.05) is 25.2 Å². The van der Waals surface area contributed by atoms with Crippen molar-refractivity contribution in [1.82, 2.24) is 10.2 Å². The standard InChI is InChI=1S/C15H19Cl2N3O/c16-12-2-1-3-13(17)15(12)19-14(21)8-18-10-6-7-20(9-10)11-4-5-11/h1-3,10-11,18H,4-9H2,(H,19,21). The number of para-hydroxylation sites is 1. The Bertz CT molecular complexity index is 513. The van der Waals surface area contributed by atoms with Crippen LogP contribution in [0, 0.1) is 0 Å². The van der Waals surface area contributed by atoms with Crippen LogP contribution >= 0.6 is 23.2 Å². The highest BCUT2D eigenvalue weighted by Gasteiger charge is 2.34. The number of nitrogens with zero attached hydrogens (tertiary/aromatic N) is 1. The zero-order valence-electron chi connectivity index (χ0n) is 11.7. The normalized spacial score (nSPS) is 22.5. The molecule has 6 heteroatoms. The predicted molar refractivity (Wildman–Crippen MR) is 86.1 cm³/mol. The largest absolute Gasteiger partial charge is 0.322 e. The van der Waals surface area contributed by atoms with Crippen molar-refractivity contribution in [2.45, 2.75) is 31.3 Å². The Morgan fingerprint density at radius 3 is 2.62 bits per heavy atom. The summed E-state index contributed by atoms with van der Waals surface area (Å²) in [5, 5.41) is 6.99. The Labute approximate surface area is 134 Å². The van der Waals surface area contributed by atoms with E-state index < -0.39 is 0 Å². The van der Waals surface area contributed by atoms with E-state index in [2.05, 4.69) is 15.5 Å². The number of amides is 1. The van der Waals surface area contributed by atoms with E-state index >= 15 is 0 Å². The van der Waals surface area contributed by atoms with Crippen molar-refractivity contribution in [3.8, 4) is 0 Å². The summed E-state index contributed by atoms with van der Waals surface area (Å²) < 4.78 is 0. The molecule has 2 N–H and O–H groups in total. The summed E-state index contributed by atoms with van der Waals surface area (Å²) in [4.78, 5) is 14.5. The molecule has 3 rings (SSSR count). The molecular formula is C15H19Cl2N3O. The molecule has 2 aliphatic rings. The third kappa shape index (κ3) is 3.89. The molecule has 1 heterocycles. The first-order chi connectivity index (χ1) is 10.1. The average molecular weight is 328 g/mol. The summed E-state index contributed by atoms with van der Waals surface area (Å²) in [6.45, 7) is 2.47. The van der Waals surface area contributed by atoms with Gasteiger partial charge in [0.15, 0.2) is 0 Å². The van der Waals surface area contributed by atoms with Gasteiger partial charge in [-0.2, -0.15) is 0 Å². The molecule has 114 valence electrons. The maximum atomic E-state index is 12.0. The highest BCUT2D eigenvalue weighted by molar-refractivity contribution is 6.39. The van der Waals surface area contributed by atoms with Gasteiger partial charge in [-0.05, 0) is 31.4 Å². The molecule has 1 aliphatic carbocycles. The maximum absolute atomic E-state index is 12.0. The summed E-state index contributed by atoms with van der Waals surface area (Å²) in [5.41, 5.74) is 0.485. The number of likely N-dealkylation sites (tertiary alicyclic amines) is 1. The number of carbonyl (C=O) groups excluding carboxylic acids is 1. The van der Waals surface area contributed by atoms with Crippen molar-refractivity contribution < 1.29 is 4.79 Å². The van der Waals surface area contributed by atoms with Gasteiger partial charge in [-0.1, -0.05) is 29.3 Å². The topological polar surface area (TPSA) is 44.4 Å². The molecule has 1 atom stereocenters. The molecule has 2 fully saturated rings. The predicted octanol–water partition coefficient (Wildman–Crippen LogP) is 2.76. The number of hydrogen-bond acceptors (Lipinski definition) is 3. The highest BCUT2D eigenvalue weighted by atomic mass is 35.5. The lowest BCUT2D eigenvalue weighted by molar-refractivity contribution is -0.115. The van der Waals surface area contributed by atoms with Gasteiger partial charge in [-0.3, -0.25) is 9.69 Å². The SMILES string of the molecule is O=C(CNC1CCN(C2CC2)C1)Nc1c(Cl)cccc1Cl. The van der Waals surface area contributed by atoms with E-state index in [4.69, 9.17) is 23.2 Å². The van der Waals surface area contributed by atoms with Crippen LogP contribution in [0.4, 0.5) is 5.69 Å². The average Bonchev–Trinajstić information content (AvgIpc) is 3.20. The van der Waals surface area contributed by atoms with Crippen molar-refractivity contribution in [2.24, 2.45) is 0 Å². The lowest BCUT2D eigenvalue weighted by Crippen LogP contribution is -2.38. The number of benzene rings is 1. The summed E-state index contributed by atoms with van der Waals surface area (Å²) in [6, 6.07) is 6.37. The fraction of sp³-hybridized carbons (Fsp3) is 0.533. The highest BCUT2D eigenvalue weighted by Crippen LogP contribution is 2.30. The Morgan fingerprint density at radius 1 is 1.24 bits per heavy atom. The Balaban J connectivity index is 1.46. The van der Waals surface area contributed by atoms with Crippen molar-refractivity contribution in [3.63, 3.8) is 0 Å².